The number of rotatable bonds is 3. The molecule has 18 heavy (non-hydrogen) atoms. The normalized spacial score (nSPS) is 23.6. The fourth-order valence-corrected chi connectivity index (χ4v) is 2.71. The minimum absolute atomic E-state index is 0.0898. The molecule has 0 radical (unpaired) electrons. The zero-order valence-electron chi connectivity index (χ0n) is 11.0. The number of carbonyl (C=O) groups is 1. The average molecular weight is 246 g/mol. The van der Waals surface area contributed by atoms with Crippen LogP contribution < -0.4 is 11.1 Å². The topological polar surface area (TPSA) is 55.1 Å². The van der Waals surface area contributed by atoms with E-state index in [0.717, 1.165) is 24.3 Å². The summed E-state index contributed by atoms with van der Waals surface area (Å²) in [7, 11) is 0. The Balaban J connectivity index is 1.87. The number of hydrogen-bond acceptors (Lipinski definition) is 2. The lowest BCUT2D eigenvalue weighted by Gasteiger charge is -2.27. The van der Waals surface area contributed by atoms with Gasteiger partial charge in [-0.15, -0.1) is 0 Å². The molecule has 1 amide bonds. The number of nitrogens with two attached hydrogens (primary N) is 1. The molecule has 0 heterocycles. The molecular formula is C15H22N2O. The van der Waals surface area contributed by atoms with Crippen LogP contribution in [0.1, 0.15) is 38.2 Å². The van der Waals surface area contributed by atoms with Gasteiger partial charge in [0, 0.05) is 11.7 Å². The first-order chi connectivity index (χ1) is 8.65. The first kappa shape index (κ1) is 12.9. The number of nitrogens with one attached hydrogen (secondary N) is 1. The van der Waals surface area contributed by atoms with Crippen molar-refractivity contribution in [2.75, 3.05) is 5.73 Å². The van der Waals surface area contributed by atoms with Crippen molar-refractivity contribution >= 4 is 11.6 Å². The van der Waals surface area contributed by atoms with Crippen molar-refractivity contribution in [2.45, 2.75) is 45.1 Å². The van der Waals surface area contributed by atoms with E-state index in [1.54, 1.807) is 0 Å². The molecule has 0 aliphatic heterocycles. The van der Waals surface area contributed by atoms with Crippen LogP contribution in [-0.2, 0) is 11.2 Å². The molecule has 0 aromatic heterocycles. The van der Waals surface area contributed by atoms with Crippen LogP contribution in [0.15, 0.2) is 24.3 Å². The van der Waals surface area contributed by atoms with Crippen LogP contribution in [-0.4, -0.2) is 11.9 Å². The van der Waals surface area contributed by atoms with Gasteiger partial charge in [-0.1, -0.05) is 38.0 Å². The van der Waals surface area contributed by atoms with Crippen molar-refractivity contribution in [3.8, 4) is 0 Å². The monoisotopic (exact) mass is 246 g/mol. The molecule has 0 saturated heterocycles. The highest BCUT2D eigenvalue weighted by molar-refractivity contribution is 5.80. The SMILES string of the molecule is C[C@H]1CCC[C@H](NC(=O)Cc2ccccc2N)C1. The summed E-state index contributed by atoms with van der Waals surface area (Å²) in [6.07, 6.45) is 5.12. The molecule has 3 nitrogen and oxygen atoms in total. The number of benzene rings is 1. The lowest BCUT2D eigenvalue weighted by molar-refractivity contribution is -0.121. The van der Waals surface area contributed by atoms with E-state index in [-0.39, 0.29) is 5.91 Å². The highest BCUT2D eigenvalue weighted by atomic mass is 16.1. The number of carbonyl (C=O) groups excluding carboxylic acids is 1. The molecule has 3 N–H and O–H groups in total. The largest absolute Gasteiger partial charge is 0.398 e. The predicted octanol–water partition coefficient (Wildman–Crippen LogP) is 2.51. The van der Waals surface area contributed by atoms with Gasteiger partial charge in [0.15, 0.2) is 0 Å². The first-order valence-electron chi connectivity index (χ1n) is 6.78. The van der Waals surface area contributed by atoms with Crippen LogP contribution in [0.5, 0.6) is 0 Å². The van der Waals surface area contributed by atoms with Gasteiger partial charge in [0.1, 0.15) is 0 Å². The summed E-state index contributed by atoms with van der Waals surface area (Å²) < 4.78 is 0. The van der Waals surface area contributed by atoms with Gasteiger partial charge in [-0.05, 0) is 30.4 Å². The van der Waals surface area contributed by atoms with Crippen LogP contribution in [0, 0.1) is 5.92 Å². The Bertz CT molecular complexity index is 417. The molecule has 0 unspecified atom stereocenters. The molecule has 0 spiro atoms. The number of anilines is 1. The van der Waals surface area contributed by atoms with Crippen LogP contribution in [0.2, 0.25) is 0 Å². The zero-order valence-corrected chi connectivity index (χ0v) is 11.0. The summed E-state index contributed by atoms with van der Waals surface area (Å²) in [5, 5.41) is 3.13. The van der Waals surface area contributed by atoms with Gasteiger partial charge in [-0.3, -0.25) is 4.79 Å². The minimum atomic E-state index is 0.0898. The summed E-state index contributed by atoms with van der Waals surface area (Å²) in [6, 6.07) is 7.91. The molecule has 1 fully saturated rings. The standard InChI is InChI=1S/C15H22N2O/c1-11-5-4-7-13(9-11)17-15(18)10-12-6-2-3-8-14(12)16/h2-3,6,8,11,13H,4-5,7,9-10,16H2,1H3,(H,17,18)/t11-,13-/m0/s1. The summed E-state index contributed by atoms with van der Waals surface area (Å²) >= 11 is 0. The number of amides is 1. The Kier molecular flexibility index (Phi) is 4.24. The van der Waals surface area contributed by atoms with E-state index in [0.29, 0.717) is 18.2 Å². The second kappa shape index (κ2) is 5.89. The van der Waals surface area contributed by atoms with Crippen LogP contribution in [0.25, 0.3) is 0 Å². The Hall–Kier alpha value is -1.51. The van der Waals surface area contributed by atoms with Gasteiger partial charge < -0.3 is 11.1 Å². The molecule has 2 atom stereocenters. The summed E-state index contributed by atoms with van der Waals surface area (Å²) in [5.41, 5.74) is 7.46. The predicted molar refractivity (Wildman–Crippen MR) is 74.1 cm³/mol. The number of nitrogen functional groups attached to an aromatic ring is 1. The van der Waals surface area contributed by atoms with Gasteiger partial charge in [0.2, 0.25) is 5.91 Å². The van der Waals surface area contributed by atoms with Crippen molar-refractivity contribution in [3.63, 3.8) is 0 Å². The van der Waals surface area contributed by atoms with Gasteiger partial charge >= 0.3 is 0 Å². The van der Waals surface area contributed by atoms with Crippen molar-refractivity contribution in [3.05, 3.63) is 29.8 Å². The second-order valence-corrected chi connectivity index (χ2v) is 5.41. The maximum absolute atomic E-state index is 12.0. The summed E-state index contributed by atoms with van der Waals surface area (Å²) in [6.45, 7) is 2.26. The highest BCUT2D eigenvalue weighted by Gasteiger charge is 2.20. The van der Waals surface area contributed by atoms with Crippen molar-refractivity contribution in [1.29, 1.82) is 0 Å². The summed E-state index contributed by atoms with van der Waals surface area (Å²) in [5.74, 6) is 0.817. The van der Waals surface area contributed by atoms with E-state index in [9.17, 15) is 4.79 Å². The molecule has 1 aliphatic rings. The molecule has 3 heteroatoms. The number of para-hydroxylation sites is 1. The Labute approximate surface area is 109 Å². The van der Waals surface area contributed by atoms with Gasteiger partial charge in [0.25, 0.3) is 0 Å². The van der Waals surface area contributed by atoms with E-state index < -0.39 is 0 Å². The lowest BCUT2D eigenvalue weighted by Crippen LogP contribution is -2.38. The quantitative estimate of drug-likeness (QED) is 0.805. The lowest BCUT2D eigenvalue weighted by atomic mass is 9.87. The van der Waals surface area contributed by atoms with Crippen LogP contribution in [0.4, 0.5) is 5.69 Å². The third-order valence-corrected chi connectivity index (χ3v) is 3.71. The third kappa shape index (κ3) is 3.49. The van der Waals surface area contributed by atoms with E-state index in [4.69, 9.17) is 5.73 Å². The van der Waals surface area contributed by atoms with E-state index >= 15 is 0 Å². The second-order valence-electron chi connectivity index (χ2n) is 5.41. The van der Waals surface area contributed by atoms with E-state index in [1.807, 2.05) is 24.3 Å². The summed E-state index contributed by atoms with van der Waals surface area (Å²) in [4.78, 5) is 12.0. The Morgan fingerprint density at radius 2 is 2.17 bits per heavy atom. The van der Waals surface area contributed by atoms with Crippen molar-refractivity contribution < 1.29 is 4.79 Å². The zero-order chi connectivity index (χ0) is 13.0. The molecule has 1 saturated carbocycles. The maximum atomic E-state index is 12.0. The fraction of sp³-hybridized carbons (Fsp3) is 0.533. The number of hydrogen-bond donors (Lipinski definition) is 2. The first-order valence-corrected chi connectivity index (χ1v) is 6.78. The molecule has 0 bridgehead atoms. The smallest absolute Gasteiger partial charge is 0.224 e. The molecule has 2 rings (SSSR count). The Morgan fingerprint density at radius 3 is 2.89 bits per heavy atom. The fourth-order valence-electron chi connectivity index (χ4n) is 2.71. The molecule has 1 aromatic rings. The average Bonchev–Trinajstić information content (AvgIpc) is 2.32. The molecule has 1 aliphatic carbocycles. The van der Waals surface area contributed by atoms with Gasteiger partial charge in [0.05, 0.1) is 6.42 Å². The molecule has 98 valence electrons. The van der Waals surface area contributed by atoms with E-state index in [2.05, 4.69) is 12.2 Å². The maximum Gasteiger partial charge on any atom is 0.224 e. The van der Waals surface area contributed by atoms with E-state index in [1.165, 1.54) is 12.8 Å². The third-order valence-electron chi connectivity index (χ3n) is 3.71. The van der Waals surface area contributed by atoms with Gasteiger partial charge in [-0.25, -0.2) is 0 Å². The van der Waals surface area contributed by atoms with Crippen molar-refractivity contribution in [2.24, 2.45) is 5.92 Å². The molecular weight excluding hydrogens is 224 g/mol. The highest BCUT2D eigenvalue weighted by Crippen LogP contribution is 2.23. The minimum Gasteiger partial charge on any atom is -0.398 e. The van der Waals surface area contributed by atoms with Crippen LogP contribution in [0.3, 0.4) is 0 Å². The van der Waals surface area contributed by atoms with Gasteiger partial charge in [-0.2, -0.15) is 0 Å². The Morgan fingerprint density at radius 1 is 1.39 bits per heavy atom. The molecule has 1 aromatic carbocycles. The van der Waals surface area contributed by atoms with Crippen LogP contribution >= 0.6 is 0 Å². The van der Waals surface area contributed by atoms with Crippen molar-refractivity contribution in [1.82, 2.24) is 5.32 Å².